The average Bonchev–Trinajstić information content (AvgIpc) is 2.57. The van der Waals surface area contributed by atoms with Crippen LogP contribution in [0.2, 0.25) is 10.0 Å². The molecule has 1 rings (SSSR count). The molecule has 0 spiro atoms. The lowest BCUT2D eigenvalue weighted by atomic mass is 10.1. The Labute approximate surface area is 157 Å². The first-order valence-corrected chi connectivity index (χ1v) is 9.00. The van der Waals surface area contributed by atoms with E-state index in [9.17, 15) is 14.4 Å². The highest BCUT2D eigenvalue weighted by molar-refractivity contribution is 6.36. The molecule has 0 aliphatic carbocycles. The van der Waals surface area contributed by atoms with Gasteiger partial charge in [0.25, 0.3) is 0 Å². The van der Waals surface area contributed by atoms with Crippen molar-refractivity contribution in [3.8, 4) is 0 Å². The Morgan fingerprint density at radius 2 is 1.52 bits per heavy atom. The largest absolute Gasteiger partial charge is 0.325 e. The van der Waals surface area contributed by atoms with Crippen molar-refractivity contribution in [2.45, 2.75) is 51.9 Å². The van der Waals surface area contributed by atoms with Crippen LogP contribution in [0.5, 0.6) is 0 Å². The first-order valence-electron chi connectivity index (χ1n) is 8.25. The van der Waals surface area contributed by atoms with Gasteiger partial charge in [-0.05, 0) is 24.6 Å². The molecule has 138 valence electrons. The summed E-state index contributed by atoms with van der Waals surface area (Å²) in [6.07, 6.45) is 4.26. The van der Waals surface area contributed by atoms with Crippen molar-refractivity contribution in [2.24, 2.45) is 0 Å². The van der Waals surface area contributed by atoms with Crippen molar-refractivity contribution >= 4 is 46.6 Å². The Bertz CT molecular complexity index is 609. The third-order valence-corrected chi connectivity index (χ3v) is 3.93. The van der Waals surface area contributed by atoms with Gasteiger partial charge in [0.2, 0.25) is 17.7 Å². The van der Waals surface area contributed by atoms with Crippen molar-refractivity contribution in [3.05, 3.63) is 28.2 Å². The van der Waals surface area contributed by atoms with Gasteiger partial charge < -0.3 is 5.32 Å². The van der Waals surface area contributed by atoms with Gasteiger partial charge in [-0.15, -0.1) is 0 Å². The normalized spacial score (nSPS) is 10.2. The average molecular weight is 388 g/mol. The first kappa shape index (κ1) is 21.3. The van der Waals surface area contributed by atoms with Gasteiger partial charge in [-0.3, -0.25) is 25.2 Å². The molecule has 0 aliphatic rings. The van der Waals surface area contributed by atoms with Crippen LogP contribution in [0.3, 0.4) is 0 Å². The van der Waals surface area contributed by atoms with E-state index < -0.39 is 5.91 Å². The number of rotatable bonds is 9. The van der Waals surface area contributed by atoms with E-state index in [1.807, 2.05) is 0 Å². The van der Waals surface area contributed by atoms with E-state index in [0.717, 1.165) is 25.7 Å². The Hall–Kier alpha value is -1.79. The number of amides is 3. The van der Waals surface area contributed by atoms with Gasteiger partial charge in [-0.1, -0.05) is 49.4 Å². The molecule has 25 heavy (non-hydrogen) atoms. The second-order valence-corrected chi connectivity index (χ2v) is 6.42. The van der Waals surface area contributed by atoms with Gasteiger partial charge in [-0.25, -0.2) is 0 Å². The molecule has 0 aromatic heterocycles. The minimum absolute atomic E-state index is 0.0306. The zero-order valence-electron chi connectivity index (χ0n) is 14.2. The van der Waals surface area contributed by atoms with Crippen LogP contribution in [-0.4, -0.2) is 17.7 Å². The highest BCUT2D eigenvalue weighted by atomic mass is 35.5. The van der Waals surface area contributed by atoms with E-state index in [0.29, 0.717) is 22.2 Å². The SMILES string of the molecule is CCCCCCC(=O)NNC(=O)CCC(=O)Nc1ccc(Cl)cc1Cl. The number of hydrogen-bond acceptors (Lipinski definition) is 3. The molecule has 3 N–H and O–H groups in total. The maximum Gasteiger partial charge on any atom is 0.238 e. The molecule has 1 aromatic rings. The number of anilines is 1. The van der Waals surface area contributed by atoms with E-state index in [2.05, 4.69) is 23.1 Å². The van der Waals surface area contributed by atoms with E-state index in [-0.39, 0.29) is 24.7 Å². The van der Waals surface area contributed by atoms with E-state index >= 15 is 0 Å². The highest BCUT2D eigenvalue weighted by Gasteiger charge is 2.10. The van der Waals surface area contributed by atoms with Crippen LogP contribution in [0.4, 0.5) is 5.69 Å². The fourth-order valence-electron chi connectivity index (χ4n) is 2.01. The molecule has 0 atom stereocenters. The predicted molar refractivity (Wildman–Crippen MR) is 99.4 cm³/mol. The topological polar surface area (TPSA) is 87.3 Å². The maximum absolute atomic E-state index is 11.8. The quantitative estimate of drug-likeness (QED) is 0.444. The number of hydrazine groups is 1. The zero-order valence-corrected chi connectivity index (χ0v) is 15.7. The summed E-state index contributed by atoms with van der Waals surface area (Å²) in [6, 6.07) is 4.70. The minimum atomic E-state index is -0.431. The van der Waals surface area contributed by atoms with Gasteiger partial charge in [0, 0.05) is 24.3 Å². The molecule has 0 saturated heterocycles. The van der Waals surface area contributed by atoms with Crippen molar-refractivity contribution in [1.29, 1.82) is 0 Å². The summed E-state index contributed by atoms with van der Waals surface area (Å²) in [5.74, 6) is -1.02. The fourth-order valence-corrected chi connectivity index (χ4v) is 2.46. The van der Waals surface area contributed by atoms with Crippen LogP contribution < -0.4 is 16.2 Å². The Morgan fingerprint density at radius 1 is 0.880 bits per heavy atom. The lowest BCUT2D eigenvalue weighted by Gasteiger charge is -2.09. The lowest BCUT2D eigenvalue weighted by molar-refractivity contribution is -0.129. The van der Waals surface area contributed by atoms with Gasteiger partial charge in [0.1, 0.15) is 0 Å². The van der Waals surface area contributed by atoms with Crippen LogP contribution in [0.25, 0.3) is 0 Å². The molecular formula is C17H23Cl2N3O3. The fraction of sp³-hybridized carbons (Fsp3) is 0.471. The zero-order chi connectivity index (χ0) is 18.7. The molecule has 3 amide bonds. The number of carbonyl (C=O) groups is 3. The maximum atomic E-state index is 11.8. The number of hydrogen-bond donors (Lipinski definition) is 3. The second kappa shape index (κ2) is 11.7. The third-order valence-electron chi connectivity index (χ3n) is 3.38. The minimum Gasteiger partial charge on any atom is -0.325 e. The highest BCUT2D eigenvalue weighted by Crippen LogP contribution is 2.25. The monoisotopic (exact) mass is 387 g/mol. The summed E-state index contributed by atoms with van der Waals surface area (Å²) >= 11 is 11.7. The standard InChI is InChI=1S/C17H23Cl2N3O3/c1-2-3-4-5-6-16(24)21-22-17(25)10-9-15(23)20-14-8-7-12(18)11-13(14)19/h7-8,11H,2-6,9-10H2,1H3,(H,20,23)(H,21,24)(H,22,25). The molecule has 0 aliphatic heterocycles. The Kier molecular flexibility index (Phi) is 9.96. The smallest absolute Gasteiger partial charge is 0.238 e. The first-order chi connectivity index (χ1) is 11.9. The summed E-state index contributed by atoms with van der Waals surface area (Å²) in [5, 5.41) is 3.39. The molecule has 0 unspecified atom stereocenters. The van der Waals surface area contributed by atoms with Crippen molar-refractivity contribution < 1.29 is 14.4 Å². The molecule has 0 heterocycles. The summed E-state index contributed by atoms with van der Waals surface area (Å²) in [4.78, 5) is 35.0. The molecule has 0 bridgehead atoms. The lowest BCUT2D eigenvalue weighted by Crippen LogP contribution is -2.41. The summed E-state index contributed by atoms with van der Waals surface area (Å²) in [5.41, 5.74) is 5.07. The number of nitrogens with one attached hydrogen (secondary N) is 3. The molecule has 8 heteroatoms. The van der Waals surface area contributed by atoms with Crippen molar-refractivity contribution in [1.82, 2.24) is 10.9 Å². The van der Waals surface area contributed by atoms with E-state index in [1.165, 1.54) is 6.07 Å². The van der Waals surface area contributed by atoms with Crippen molar-refractivity contribution in [2.75, 3.05) is 5.32 Å². The van der Waals surface area contributed by atoms with E-state index in [1.54, 1.807) is 12.1 Å². The van der Waals surface area contributed by atoms with Gasteiger partial charge in [0.05, 0.1) is 10.7 Å². The van der Waals surface area contributed by atoms with E-state index in [4.69, 9.17) is 23.2 Å². The number of unbranched alkanes of at least 4 members (excludes halogenated alkanes) is 3. The Balaban J connectivity index is 2.22. The van der Waals surface area contributed by atoms with Crippen LogP contribution in [-0.2, 0) is 14.4 Å². The van der Waals surface area contributed by atoms with Crippen LogP contribution >= 0.6 is 23.2 Å². The van der Waals surface area contributed by atoms with Gasteiger partial charge in [-0.2, -0.15) is 0 Å². The number of carbonyl (C=O) groups excluding carboxylic acids is 3. The van der Waals surface area contributed by atoms with Crippen LogP contribution in [0, 0.1) is 0 Å². The van der Waals surface area contributed by atoms with Crippen LogP contribution in [0.15, 0.2) is 18.2 Å². The summed E-state index contributed by atoms with van der Waals surface area (Å²) in [6.45, 7) is 2.09. The van der Waals surface area contributed by atoms with Crippen LogP contribution in [0.1, 0.15) is 51.9 Å². The molecule has 0 fully saturated rings. The second-order valence-electron chi connectivity index (χ2n) is 5.58. The number of halogens is 2. The summed E-state index contributed by atoms with van der Waals surface area (Å²) < 4.78 is 0. The summed E-state index contributed by atoms with van der Waals surface area (Å²) in [7, 11) is 0. The molecular weight excluding hydrogens is 365 g/mol. The third kappa shape index (κ3) is 9.31. The molecule has 0 saturated carbocycles. The predicted octanol–water partition coefficient (Wildman–Crippen LogP) is 3.83. The molecule has 6 nitrogen and oxygen atoms in total. The molecule has 1 aromatic carbocycles. The van der Waals surface area contributed by atoms with Crippen molar-refractivity contribution in [3.63, 3.8) is 0 Å². The Morgan fingerprint density at radius 3 is 2.16 bits per heavy atom. The van der Waals surface area contributed by atoms with Gasteiger partial charge >= 0.3 is 0 Å². The molecule has 0 radical (unpaired) electrons. The number of benzene rings is 1. The van der Waals surface area contributed by atoms with Gasteiger partial charge in [0.15, 0.2) is 0 Å².